The van der Waals surface area contributed by atoms with Crippen molar-refractivity contribution in [2.75, 3.05) is 57.5 Å². The van der Waals surface area contributed by atoms with Crippen LogP contribution in [-0.2, 0) is 12.8 Å². The normalized spacial score (nSPS) is 22.8. The first-order chi connectivity index (χ1) is 17.5. The van der Waals surface area contributed by atoms with Crippen LogP contribution in [0.1, 0.15) is 42.5 Å². The van der Waals surface area contributed by atoms with Crippen LogP contribution in [0, 0.1) is 0 Å². The van der Waals surface area contributed by atoms with E-state index in [0.717, 1.165) is 73.6 Å². The molecule has 3 heterocycles. The second-order valence-electron chi connectivity index (χ2n) is 10.9. The molecule has 1 aliphatic heterocycles. The Hall–Kier alpha value is -2.42. The van der Waals surface area contributed by atoms with Gasteiger partial charge in [-0.2, -0.15) is 4.98 Å². The van der Waals surface area contributed by atoms with Crippen molar-refractivity contribution in [1.82, 2.24) is 19.8 Å². The highest BCUT2D eigenvalue weighted by atomic mass is 32.1. The second-order valence-corrected chi connectivity index (χ2v) is 11.9. The third-order valence-corrected chi connectivity index (χ3v) is 9.36. The zero-order valence-electron chi connectivity index (χ0n) is 21.8. The molecule has 0 amide bonds. The van der Waals surface area contributed by atoms with Crippen LogP contribution in [0.4, 0.5) is 17.3 Å². The van der Waals surface area contributed by atoms with Gasteiger partial charge in [-0.05, 0) is 95.9 Å². The molecule has 1 saturated carbocycles. The summed E-state index contributed by atoms with van der Waals surface area (Å²) in [5.41, 5.74) is 3.71. The number of thiophene rings is 1. The number of rotatable bonds is 6. The number of fused-ring (bicyclic) bond motifs is 3. The molecule has 6 rings (SSSR count). The number of anilines is 3. The first-order valence-corrected chi connectivity index (χ1v) is 14.3. The van der Waals surface area contributed by atoms with Crippen LogP contribution < -0.4 is 15.0 Å². The van der Waals surface area contributed by atoms with E-state index < -0.39 is 0 Å². The molecule has 0 spiro atoms. The quantitative estimate of drug-likeness (QED) is 0.509. The minimum atomic E-state index is 0.229. The maximum absolute atomic E-state index is 6.65. The van der Waals surface area contributed by atoms with Crippen LogP contribution in [0.15, 0.2) is 24.3 Å². The molecular weight excluding hydrogens is 468 g/mol. The van der Waals surface area contributed by atoms with Crippen LogP contribution >= 0.6 is 11.3 Å². The first-order valence-electron chi connectivity index (χ1n) is 13.5. The van der Waals surface area contributed by atoms with Gasteiger partial charge in [-0.15, -0.1) is 11.3 Å². The molecule has 2 fully saturated rings. The zero-order valence-corrected chi connectivity index (χ0v) is 22.6. The molecule has 1 N–H and O–H groups in total. The van der Waals surface area contributed by atoms with Gasteiger partial charge in [-0.3, -0.25) is 0 Å². The Bertz CT molecular complexity index is 1190. The molecule has 0 bridgehead atoms. The number of hydrogen-bond donors (Lipinski definition) is 1. The van der Waals surface area contributed by atoms with Gasteiger partial charge in [0.05, 0.1) is 5.39 Å². The van der Waals surface area contributed by atoms with Crippen molar-refractivity contribution >= 4 is 38.9 Å². The number of benzene rings is 1. The van der Waals surface area contributed by atoms with Crippen molar-refractivity contribution in [3.63, 3.8) is 0 Å². The molecule has 3 aromatic rings. The van der Waals surface area contributed by atoms with E-state index in [1.54, 1.807) is 0 Å². The van der Waals surface area contributed by atoms with Gasteiger partial charge in [-0.25, -0.2) is 4.98 Å². The molecule has 1 saturated heterocycles. The summed E-state index contributed by atoms with van der Waals surface area (Å²) in [6.45, 7) is 4.36. The Morgan fingerprint density at radius 1 is 0.972 bits per heavy atom. The van der Waals surface area contributed by atoms with E-state index in [2.05, 4.69) is 65.4 Å². The lowest BCUT2D eigenvalue weighted by Crippen LogP contribution is -2.44. The van der Waals surface area contributed by atoms with Gasteiger partial charge in [0.15, 0.2) is 0 Å². The number of aryl methyl sites for hydroxylation is 2. The molecular formula is C28H38N6OS. The maximum atomic E-state index is 6.65. The third kappa shape index (κ3) is 4.91. The number of ether oxygens (including phenoxy) is 1. The summed E-state index contributed by atoms with van der Waals surface area (Å²) in [5, 5.41) is 4.63. The van der Waals surface area contributed by atoms with Gasteiger partial charge < -0.3 is 24.8 Å². The number of likely N-dealkylation sites (N-methyl/N-ethyl adjacent to an activating group) is 1. The Balaban J connectivity index is 1.22. The topological polar surface area (TPSA) is 56.8 Å². The summed E-state index contributed by atoms with van der Waals surface area (Å²) in [5.74, 6) is 1.41. The number of aromatic nitrogens is 2. The molecule has 3 aliphatic rings. The minimum Gasteiger partial charge on any atom is -0.474 e. The molecule has 7 nitrogen and oxygen atoms in total. The maximum Gasteiger partial charge on any atom is 0.231 e. The second kappa shape index (κ2) is 10.1. The van der Waals surface area contributed by atoms with Gasteiger partial charge in [0, 0.05) is 48.5 Å². The summed E-state index contributed by atoms with van der Waals surface area (Å²) in [6, 6.07) is 9.34. The van der Waals surface area contributed by atoms with Gasteiger partial charge in [0.1, 0.15) is 10.9 Å². The first kappa shape index (κ1) is 23.9. The lowest BCUT2D eigenvalue weighted by molar-refractivity contribution is 0.109. The fraction of sp³-hybridized carbons (Fsp3) is 0.571. The number of piperazine rings is 1. The van der Waals surface area contributed by atoms with E-state index in [1.165, 1.54) is 35.4 Å². The lowest BCUT2D eigenvalue weighted by atomic mass is 9.92. The number of hydrogen-bond acceptors (Lipinski definition) is 8. The molecule has 2 aliphatic carbocycles. The Kier molecular flexibility index (Phi) is 6.75. The van der Waals surface area contributed by atoms with Crippen LogP contribution in [0.3, 0.4) is 0 Å². The highest BCUT2D eigenvalue weighted by molar-refractivity contribution is 7.19. The van der Waals surface area contributed by atoms with E-state index in [9.17, 15) is 0 Å². The van der Waals surface area contributed by atoms with E-state index in [0.29, 0.717) is 12.0 Å². The van der Waals surface area contributed by atoms with Crippen molar-refractivity contribution in [3.05, 3.63) is 34.7 Å². The number of nitrogens with zero attached hydrogens (tertiary/aromatic N) is 5. The van der Waals surface area contributed by atoms with Crippen molar-refractivity contribution in [3.8, 4) is 5.88 Å². The monoisotopic (exact) mass is 506 g/mol. The molecule has 192 valence electrons. The molecule has 36 heavy (non-hydrogen) atoms. The van der Waals surface area contributed by atoms with Gasteiger partial charge in [0.25, 0.3) is 0 Å². The molecule has 2 aromatic heterocycles. The highest BCUT2D eigenvalue weighted by Crippen LogP contribution is 2.42. The Morgan fingerprint density at radius 2 is 1.72 bits per heavy atom. The molecule has 8 heteroatoms. The fourth-order valence-corrected chi connectivity index (χ4v) is 7.14. The smallest absolute Gasteiger partial charge is 0.231 e. The predicted octanol–water partition coefficient (Wildman–Crippen LogP) is 4.93. The zero-order chi connectivity index (χ0) is 24.6. The van der Waals surface area contributed by atoms with Crippen LogP contribution in [0.2, 0.25) is 0 Å². The van der Waals surface area contributed by atoms with Crippen molar-refractivity contribution in [2.24, 2.45) is 0 Å². The average molecular weight is 507 g/mol. The van der Waals surface area contributed by atoms with Crippen LogP contribution in [-0.4, -0.2) is 79.2 Å². The van der Waals surface area contributed by atoms with Crippen LogP contribution in [0.5, 0.6) is 5.88 Å². The highest BCUT2D eigenvalue weighted by Gasteiger charge is 2.28. The third-order valence-electron chi connectivity index (χ3n) is 8.18. The number of nitrogens with one attached hydrogen (secondary N) is 1. The van der Waals surface area contributed by atoms with E-state index in [1.807, 2.05) is 11.3 Å². The standard InChI is InChI=1S/C28H38N6OS/c1-32(2)20-11-13-22(14-12-20)35-26-25-23-5-4-6-24(23)36-27(25)31-28(30-26)29-19-7-9-21(10-8-19)34-17-15-33(3)16-18-34/h7-10,20,22H,4-6,11-18H2,1-3H3,(H,29,30,31)/t20-,22-. The van der Waals surface area contributed by atoms with Gasteiger partial charge >= 0.3 is 0 Å². The van der Waals surface area contributed by atoms with E-state index in [4.69, 9.17) is 14.7 Å². The van der Waals surface area contributed by atoms with Gasteiger partial charge in [0.2, 0.25) is 11.8 Å². The summed E-state index contributed by atoms with van der Waals surface area (Å²) in [7, 11) is 6.56. The van der Waals surface area contributed by atoms with E-state index >= 15 is 0 Å². The summed E-state index contributed by atoms with van der Waals surface area (Å²) in [4.78, 5) is 19.6. The van der Waals surface area contributed by atoms with Crippen molar-refractivity contribution in [1.29, 1.82) is 0 Å². The molecule has 0 atom stereocenters. The lowest BCUT2D eigenvalue weighted by Gasteiger charge is -2.34. The Labute approximate surface area is 218 Å². The fourth-order valence-electron chi connectivity index (χ4n) is 5.89. The summed E-state index contributed by atoms with van der Waals surface area (Å²) >= 11 is 1.82. The Morgan fingerprint density at radius 3 is 2.44 bits per heavy atom. The molecule has 0 unspecified atom stereocenters. The van der Waals surface area contributed by atoms with Crippen molar-refractivity contribution < 1.29 is 4.74 Å². The SMILES string of the molecule is CN1CCN(c2ccc(Nc3nc(O[C@H]4CC[C@H](N(C)C)CC4)c4c5c(sc4n3)CCC5)cc2)CC1. The largest absolute Gasteiger partial charge is 0.474 e. The predicted molar refractivity (Wildman–Crippen MR) is 149 cm³/mol. The van der Waals surface area contributed by atoms with Gasteiger partial charge in [-0.1, -0.05) is 0 Å². The average Bonchev–Trinajstić information content (AvgIpc) is 3.47. The van der Waals surface area contributed by atoms with Crippen molar-refractivity contribution in [2.45, 2.75) is 57.1 Å². The minimum absolute atomic E-state index is 0.229. The molecule has 1 aromatic carbocycles. The molecule has 0 radical (unpaired) electrons. The summed E-state index contributed by atoms with van der Waals surface area (Å²) < 4.78 is 6.65. The summed E-state index contributed by atoms with van der Waals surface area (Å²) in [6.07, 6.45) is 8.24. The van der Waals surface area contributed by atoms with Crippen LogP contribution in [0.25, 0.3) is 10.2 Å². The van der Waals surface area contributed by atoms with E-state index in [-0.39, 0.29) is 6.10 Å².